The molecule has 154 valence electrons. The monoisotopic (exact) mass is 405 g/mol. The van der Waals surface area contributed by atoms with Crippen LogP contribution in [0, 0.1) is 0 Å². The maximum Gasteiger partial charge on any atom is 0.243 e. The van der Waals surface area contributed by atoms with Gasteiger partial charge in [0.2, 0.25) is 5.91 Å². The minimum atomic E-state index is -0.0463. The first-order valence-electron chi connectivity index (χ1n) is 9.73. The Hall–Kier alpha value is -2.35. The van der Waals surface area contributed by atoms with Crippen LogP contribution in [0.2, 0.25) is 0 Å². The van der Waals surface area contributed by atoms with Crippen molar-refractivity contribution >= 4 is 23.2 Å². The van der Waals surface area contributed by atoms with Crippen LogP contribution in [0.15, 0.2) is 33.1 Å². The van der Waals surface area contributed by atoms with Crippen molar-refractivity contribution in [3.05, 3.63) is 39.9 Å². The smallest absolute Gasteiger partial charge is 0.243 e. The zero-order valence-corrected chi connectivity index (χ0v) is 18.0. The van der Waals surface area contributed by atoms with E-state index in [1.807, 2.05) is 12.1 Å². The summed E-state index contributed by atoms with van der Waals surface area (Å²) in [5, 5.41) is 12.8. The fraction of sp³-hybridized carbons (Fsp3) is 0.550. The number of hydrogen-bond acceptors (Lipinski definition) is 5. The quantitative estimate of drug-likeness (QED) is 0.469. The Morgan fingerprint density at radius 1 is 1.32 bits per heavy atom. The van der Waals surface area contributed by atoms with Crippen LogP contribution in [0.5, 0.6) is 0 Å². The number of nitrogens with one attached hydrogen (secondary N) is 2. The number of aromatic nitrogens is 1. The molecule has 2 aromatic heterocycles. The van der Waals surface area contributed by atoms with Crippen LogP contribution in [0.4, 0.5) is 0 Å². The van der Waals surface area contributed by atoms with Crippen molar-refractivity contribution < 1.29 is 9.32 Å². The van der Waals surface area contributed by atoms with Crippen LogP contribution >= 0.6 is 11.3 Å². The summed E-state index contributed by atoms with van der Waals surface area (Å²) in [6.07, 6.45) is 2.99. The normalized spacial score (nSPS) is 11.7. The summed E-state index contributed by atoms with van der Waals surface area (Å²) >= 11 is 1.73. The molecular weight excluding hydrogens is 374 g/mol. The maximum atomic E-state index is 11.9. The molecule has 8 heteroatoms. The molecule has 0 aliphatic rings. The summed E-state index contributed by atoms with van der Waals surface area (Å²) in [5.41, 5.74) is 0.994. The van der Waals surface area contributed by atoms with Crippen molar-refractivity contribution in [2.24, 2.45) is 4.99 Å². The van der Waals surface area contributed by atoms with E-state index < -0.39 is 0 Å². The van der Waals surface area contributed by atoms with Gasteiger partial charge in [-0.3, -0.25) is 4.79 Å². The van der Waals surface area contributed by atoms with Gasteiger partial charge in [0.25, 0.3) is 0 Å². The van der Waals surface area contributed by atoms with E-state index in [-0.39, 0.29) is 12.5 Å². The van der Waals surface area contributed by atoms with E-state index in [4.69, 9.17) is 4.52 Å². The van der Waals surface area contributed by atoms with Crippen LogP contribution in [0.1, 0.15) is 48.9 Å². The summed E-state index contributed by atoms with van der Waals surface area (Å²) in [4.78, 5) is 19.1. The zero-order chi connectivity index (χ0) is 20.4. The molecule has 0 aliphatic heterocycles. The first-order chi connectivity index (χ1) is 13.5. The molecule has 0 atom stereocenters. The second-order valence-corrected chi connectivity index (χ2v) is 7.83. The van der Waals surface area contributed by atoms with E-state index in [1.54, 1.807) is 25.4 Å². The van der Waals surface area contributed by atoms with Crippen molar-refractivity contribution in [3.63, 3.8) is 0 Å². The highest BCUT2D eigenvalue weighted by molar-refractivity contribution is 7.09. The molecule has 2 heterocycles. The molecule has 0 fully saturated rings. The highest BCUT2D eigenvalue weighted by Crippen LogP contribution is 2.22. The van der Waals surface area contributed by atoms with Crippen molar-refractivity contribution in [2.45, 2.75) is 45.6 Å². The highest BCUT2D eigenvalue weighted by atomic mass is 32.1. The molecule has 2 N–H and O–H groups in total. The predicted octanol–water partition coefficient (Wildman–Crippen LogP) is 3.01. The number of likely N-dealkylation sites (N-methyl/N-ethyl adjacent to an activating group) is 1. The topological polar surface area (TPSA) is 82.8 Å². The van der Waals surface area contributed by atoms with Gasteiger partial charge in [-0.15, -0.1) is 11.3 Å². The summed E-state index contributed by atoms with van der Waals surface area (Å²) in [6.45, 7) is 5.61. The van der Waals surface area contributed by atoms with Gasteiger partial charge in [-0.1, -0.05) is 25.1 Å². The van der Waals surface area contributed by atoms with E-state index in [0.29, 0.717) is 18.4 Å². The molecule has 0 saturated heterocycles. The van der Waals surface area contributed by atoms with Crippen molar-refractivity contribution in [1.82, 2.24) is 20.7 Å². The lowest BCUT2D eigenvalue weighted by Crippen LogP contribution is -2.39. The highest BCUT2D eigenvalue weighted by Gasteiger charge is 2.13. The lowest BCUT2D eigenvalue weighted by Gasteiger charge is -2.12. The van der Waals surface area contributed by atoms with Gasteiger partial charge >= 0.3 is 0 Å². The molecule has 7 nitrogen and oxygen atoms in total. The van der Waals surface area contributed by atoms with Crippen LogP contribution in [-0.4, -0.2) is 49.1 Å². The van der Waals surface area contributed by atoms with E-state index >= 15 is 0 Å². The number of nitrogens with zero attached hydrogens (tertiary/aromatic N) is 3. The molecule has 0 aromatic carbocycles. The van der Waals surface area contributed by atoms with Crippen molar-refractivity contribution in [3.8, 4) is 0 Å². The van der Waals surface area contributed by atoms with Gasteiger partial charge in [0.15, 0.2) is 11.7 Å². The summed E-state index contributed by atoms with van der Waals surface area (Å²) in [7, 11) is 3.45. The average Bonchev–Trinajstić information content (AvgIpc) is 3.36. The van der Waals surface area contributed by atoms with E-state index in [0.717, 1.165) is 37.3 Å². The van der Waals surface area contributed by atoms with Gasteiger partial charge in [0.1, 0.15) is 6.54 Å². The number of rotatable bonds is 10. The lowest BCUT2D eigenvalue weighted by atomic mass is 9.99. The third-order valence-electron chi connectivity index (χ3n) is 4.53. The Labute approximate surface area is 171 Å². The molecule has 28 heavy (non-hydrogen) atoms. The third kappa shape index (κ3) is 6.99. The first kappa shape index (κ1) is 21.9. The molecule has 0 unspecified atom stereocenters. The summed E-state index contributed by atoms with van der Waals surface area (Å²) < 4.78 is 5.46. The Balaban J connectivity index is 1.93. The number of aliphatic imine (C=N–C) groups is 1. The average molecular weight is 406 g/mol. The second kappa shape index (κ2) is 11.5. The van der Waals surface area contributed by atoms with Gasteiger partial charge in [-0.25, -0.2) is 4.99 Å². The van der Waals surface area contributed by atoms with Gasteiger partial charge in [0.05, 0.1) is 12.2 Å². The minimum Gasteiger partial charge on any atom is -0.359 e. The standard InChI is InChI=1S/C20H31N5O2S/c1-5-15(6-2)18-12-16(27-24-18)13-22-20(23-14-19(26)25(3)4)21-10-9-17-8-7-11-28-17/h7-8,11-12,15H,5-6,9-10,13-14H2,1-4H3,(H2,21,22,23). The van der Waals surface area contributed by atoms with Crippen LogP contribution in [-0.2, 0) is 17.8 Å². The Bertz CT molecular complexity index is 736. The predicted molar refractivity (Wildman–Crippen MR) is 114 cm³/mol. The van der Waals surface area contributed by atoms with Crippen molar-refractivity contribution in [1.29, 1.82) is 0 Å². The molecule has 0 radical (unpaired) electrons. The summed E-state index contributed by atoms with van der Waals surface area (Å²) in [6, 6.07) is 6.16. The molecule has 1 amide bonds. The maximum absolute atomic E-state index is 11.9. The number of carbonyl (C=O) groups is 1. The van der Waals surface area contributed by atoms with Crippen molar-refractivity contribution in [2.75, 3.05) is 27.2 Å². The molecule has 0 saturated carbocycles. The largest absolute Gasteiger partial charge is 0.359 e. The number of carbonyl (C=O) groups excluding carboxylic acids is 1. The first-order valence-corrected chi connectivity index (χ1v) is 10.6. The number of amides is 1. The minimum absolute atomic E-state index is 0.0463. The number of guanidine groups is 1. The molecular formula is C20H31N5O2S. The third-order valence-corrected chi connectivity index (χ3v) is 5.46. The van der Waals surface area contributed by atoms with Gasteiger partial charge in [-0.05, 0) is 30.7 Å². The molecule has 0 bridgehead atoms. The van der Waals surface area contributed by atoms with E-state index in [9.17, 15) is 4.79 Å². The van der Waals surface area contributed by atoms with Gasteiger partial charge < -0.3 is 20.1 Å². The second-order valence-electron chi connectivity index (χ2n) is 6.79. The Morgan fingerprint density at radius 2 is 2.11 bits per heavy atom. The van der Waals surface area contributed by atoms with E-state index in [2.05, 4.69) is 46.1 Å². The molecule has 2 rings (SSSR count). The number of hydrogen-bond donors (Lipinski definition) is 2. The molecule has 2 aromatic rings. The van der Waals surface area contributed by atoms with E-state index in [1.165, 1.54) is 9.78 Å². The SMILES string of the molecule is CCC(CC)c1cc(CNC(=NCC(=O)N(C)C)NCCc2cccs2)on1. The Morgan fingerprint density at radius 3 is 2.75 bits per heavy atom. The fourth-order valence-corrected chi connectivity index (χ4v) is 3.41. The summed E-state index contributed by atoms with van der Waals surface area (Å²) in [5.74, 6) is 1.73. The lowest BCUT2D eigenvalue weighted by molar-refractivity contribution is -0.127. The number of thiophene rings is 1. The fourth-order valence-electron chi connectivity index (χ4n) is 2.70. The van der Waals surface area contributed by atoms with Gasteiger partial charge in [0, 0.05) is 37.5 Å². The molecule has 0 aliphatic carbocycles. The Kier molecular flexibility index (Phi) is 9.00. The van der Waals surface area contributed by atoms with Crippen LogP contribution in [0.3, 0.4) is 0 Å². The van der Waals surface area contributed by atoms with Crippen LogP contribution in [0.25, 0.3) is 0 Å². The van der Waals surface area contributed by atoms with Gasteiger partial charge in [-0.2, -0.15) is 0 Å². The molecule has 0 spiro atoms. The zero-order valence-electron chi connectivity index (χ0n) is 17.2. The van der Waals surface area contributed by atoms with Crippen LogP contribution < -0.4 is 10.6 Å².